The van der Waals surface area contributed by atoms with Gasteiger partial charge in [-0.2, -0.15) is 0 Å². The Morgan fingerprint density at radius 1 is 1.29 bits per heavy atom. The Labute approximate surface area is 101 Å². The molecule has 0 aromatic heterocycles. The fourth-order valence-corrected chi connectivity index (χ4v) is 2.20. The number of carbonyl (C=O) groups excluding carboxylic acids is 1. The molecule has 0 aliphatic heterocycles. The van der Waals surface area contributed by atoms with E-state index in [-0.39, 0.29) is 5.97 Å². The average molecular weight is 232 g/mol. The summed E-state index contributed by atoms with van der Waals surface area (Å²) in [4.78, 5) is 11.2. The van der Waals surface area contributed by atoms with Gasteiger partial charge in [-0.3, -0.25) is 0 Å². The van der Waals surface area contributed by atoms with Gasteiger partial charge >= 0.3 is 5.97 Å². The molecule has 1 aromatic carbocycles. The number of aryl methyl sites for hydroxylation is 1. The third kappa shape index (κ3) is 2.49. The average Bonchev–Trinajstić information content (AvgIpc) is 2.37. The predicted octanol–water partition coefficient (Wildman–Crippen LogP) is 2.28. The van der Waals surface area contributed by atoms with E-state index in [9.17, 15) is 4.79 Å². The maximum atomic E-state index is 11.2. The molecule has 0 spiro atoms. The summed E-state index contributed by atoms with van der Waals surface area (Å²) in [7, 11) is 3.07. The lowest BCUT2D eigenvalue weighted by molar-refractivity contribution is -0.134. The summed E-state index contributed by atoms with van der Waals surface area (Å²) < 4.78 is 10.00. The van der Waals surface area contributed by atoms with Gasteiger partial charge in [0.15, 0.2) is 0 Å². The summed E-state index contributed by atoms with van der Waals surface area (Å²) in [6.07, 6.45) is 4.23. The lowest BCUT2D eigenvalue weighted by Crippen LogP contribution is -2.09. The lowest BCUT2D eigenvalue weighted by Gasteiger charge is -2.20. The minimum Gasteiger partial charge on any atom is -0.496 e. The molecular formula is C14H16O3. The van der Waals surface area contributed by atoms with E-state index in [0.717, 1.165) is 30.6 Å². The molecule has 0 radical (unpaired) electrons. The molecule has 0 saturated carbocycles. The van der Waals surface area contributed by atoms with Crippen LogP contribution in [0.5, 0.6) is 5.75 Å². The van der Waals surface area contributed by atoms with Crippen molar-refractivity contribution in [2.45, 2.75) is 19.3 Å². The molecule has 3 heteroatoms. The van der Waals surface area contributed by atoms with Crippen LogP contribution < -0.4 is 4.74 Å². The van der Waals surface area contributed by atoms with Crippen LogP contribution in [-0.4, -0.2) is 20.2 Å². The number of methoxy groups -OCH3 is 2. The number of rotatable bonds is 2. The van der Waals surface area contributed by atoms with Crippen LogP contribution in [0.4, 0.5) is 0 Å². The number of fused-ring (bicyclic) bond motifs is 1. The van der Waals surface area contributed by atoms with Crippen LogP contribution in [0.15, 0.2) is 29.8 Å². The van der Waals surface area contributed by atoms with Crippen molar-refractivity contribution in [3.8, 4) is 5.75 Å². The number of allylic oxidation sites excluding steroid dienone is 1. The molecule has 0 saturated heterocycles. The first kappa shape index (κ1) is 11.7. The summed E-state index contributed by atoms with van der Waals surface area (Å²) in [5.74, 6) is 0.622. The van der Waals surface area contributed by atoms with Gasteiger partial charge in [-0.1, -0.05) is 17.7 Å². The minimum absolute atomic E-state index is 0.279. The molecule has 0 unspecified atom stereocenters. The van der Waals surface area contributed by atoms with Crippen molar-refractivity contribution in [3.63, 3.8) is 0 Å². The van der Waals surface area contributed by atoms with Crippen molar-refractivity contribution in [2.75, 3.05) is 14.2 Å². The number of hydrogen-bond acceptors (Lipinski definition) is 3. The standard InChI is InChI=1S/C14H16O3/c1-16-13-5-3-4-11-7-6-10(8-12(11)13)9-14(15)17-2/h3-5,9H,6-8H2,1-2H3. The molecular weight excluding hydrogens is 216 g/mol. The Balaban J connectivity index is 2.28. The van der Waals surface area contributed by atoms with E-state index in [4.69, 9.17) is 4.74 Å². The van der Waals surface area contributed by atoms with E-state index >= 15 is 0 Å². The third-order valence-corrected chi connectivity index (χ3v) is 3.09. The Bertz CT molecular complexity index is 446. The van der Waals surface area contributed by atoms with Crippen molar-refractivity contribution in [2.24, 2.45) is 0 Å². The lowest BCUT2D eigenvalue weighted by atomic mass is 9.87. The van der Waals surface area contributed by atoms with Gasteiger partial charge in [-0.15, -0.1) is 0 Å². The fourth-order valence-electron chi connectivity index (χ4n) is 2.20. The highest BCUT2D eigenvalue weighted by Gasteiger charge is 2.17. The molecule has 0 fully saturated rings. The quantitative estimate of drug-likeness (QED) is 0.579. The number of ether oxygens (including phenoxy) is 2. The Morgan fingerprint density at radius 2 is 2.12 bits per heavy atom. The molecule has 0 bridgehead atoms. The first-order valence-electron chi connectivity index (χ1n) is 5.66. The third-order valence-electron chi connectivity index (χ3n) is 3.09. The van der Waals surface area contributed by atoms with Crippen molar-refractivity contribution >= 4 is 5.97 Å². The van der Waals surface area contributed by atoms with Gasteiger partial charge in [0.1, 0.15) is 5.75 Å². The Hall–Kier alpha value is -1.77. The van der Waals surface area contributed by atoms with Gasteiger partial charge in [0, 0.05) is 11.6 Å². The summed E-state index contributed by atoms with van der Waals surface area (Å²) in [6.45, 7) is 0. The molecule has 1 aliphatic carbocycles. The second-order valence-electron chi connectivity index (χ2n) is 4.10. The van der Waals surface area contributed by atoms with Crippen molar-refractivity contribution in [1.82, 2.24) is 0 Å². The first-order chi connectivity index (χ1) is 8.24. The maximum Gasteiger partial charge on any atom is 0.330 e. The second kappa shape index (κ2) is 5.04. The number of carbonyl (C=O) groups is 1. The van der Waals surface area contributed by atoms with E-state index in [1.165, 1.54) is 18.2 Å². The molecule has 0 N–H and O–H groups in total. The first-order valence-corrected chi connectivity index (χ1v) is 5.66. The van der Waals surface area contributed by atoms with Gasteiger partial charge in [0.2, 0.25) is 0 Å². The topological polar surface area (TPSA) is 35.5 Å². The zero-order chi connectivity index (χ0) is 12.3. The van der Waals surface area contributed by atoms with E-state index in [0.29, 0.717) is 0 Å². The van der Waals surface area contributed by atoms with Crippen molar-refractivity contribution < 1.29 is 14.3 Å². The smallest absolute Gasteiger partial charge is 0.330 e. The summed E-state index contributed by atoms with van der Waals surface area (Å²) in [5.41, 5.74) is 3.61. The molecule has 2 rings (SSSR count). The Morgan fingerprint density at radius 3 is 2.82 bits per heavy atom. The molecule has 0 heterocycles. The van der Waals surface area contributed by atoms with E-state index < -0.39 is 0 Å². The van der Waals surface area contributed by atoms with Crippen LogP contribution in [0, 0.1) is 0 Å². The molecule has 17 heavy (non-hydrogen) atoms. The second-order valence-corrected chi connectivity index (χ2v) is 4.10. The summed E-state index contributed by atoms with van der Waals surface area (Å²) >= 11 is 0. The minimum atomic E-state index is -0.279. The zero-order valence-corrected chi connectivity index (χ0v) is 10.2. The van der Waals surface area contributed by atoms with Gasteiger partial charge in [-0.25, -0.2) is 4.79 Å². The highest BCUT2D eigenvalue weighted by Crippen LogP contribution is 2.31. The van der Waals surface area contributed by atoms with Gasteiger partial charge in [-0.05, 0) is 30.9 Å². The van der Waals surface area contributed by atoms with Crippen LogP contribution in [-0.2, 0) is 22.4 Å². The van der Waals surface area contributed by atoms with Crippen molar-refractivity contribution in [1.29, 1.82) is 0 Å². The number of benzene rings is 1. The molecule has 1 aliphatic rings. The molecule has 0 amide bonds. The molecule has 0 atom stereocenters. The van der Waals surface area contributed by atoms with E-state index in [2.05, 4.69) is 10.8 Å². The van der Waals surface area contributed by atoms with Crippen LogP contribution >= 0.6 is 0 Å². The largest absolute Gasteiger partial charge is 0.496 e. The zero-order valence-electron chi connectivity index (χ0n) is 10.2. The van der Waals surface area contributed by atoms with Crippen LogP contribution in [0.2, 0.25) is 0 Å². The monoisotopic (exact) mass is 232 g/mol. The van der Waals surface area contributed by atoms with Crippen molar-refractivity contribution in [3.05, 3.63) is 41.0 Å². The molecule has 3 nitrogen and oxygen atoms in total. The number of hydrogen-bond donors (Lipinski definition) is 0. The van der Waals surface area contributed by atoms with Crippen LogP contribution in [0.3, 0.4) is 0 Å². The van der Waals surface area contributed by atoms with Gasteiger partial charge in [0.05, 0.1) is 14.2 Å². The highest BCUT2D eigenvalue weighted by molar-refractivity contribution is 5.82. The Kier molecular flexibility index (Phi) is 3.47. The SMILES string of the molecule is COC(=O)C=C1CCc2cccc(OC)c2C1. The number of esters is 1. The maximum absolute atomic E-state index is 11.2. The highest BCUT2D eigenvalue weighted by atomic mass is 16.5. The van der Waals surface area contributed by atoms with Gasteiger partial charge in [0.25, 0.3) is 0 Å². The fraction of sp³-hybridized carbons (Fsp3) is 0.357. The molecule has 90 valence electrons. The van der Waals surface area contributed by atoms with E-state index in [1.54, 1.807) is 13.2 Å². The molecule has 1 aromatic rings. The summed E-state index contributed by atoms with van der Waals surface area (Å²) in [6, 6.07) is 6.08. The van der Waals surface area contributed by atoms with Gasteiger partial charge < -0.3 is 9.47 Å². The predicted molar refractivity (Wildman–Crippen MR) is 65.1 cm³/mol. The summed E-state index contributed by atoms with van der Waals surface area (Å²) in [5, 5.41) is 0. The van der Waals surface area contributed by atoms with E-state index in [1.807, 2.05) is 12.1 Å². The normalized spacial score (nSPS) is 16.5. The van der Waals surface area contributed by atoms with Crippen LogP contribution in [0.1, 0.15) is 17.5 Å². The van der Waals surface area contributed by atoms with Crippen LogP contribution in [0.25, 0.3) is 0 Å².